The minimum atomic E-state index is -4.02. The summed E-state index contributed by atoms with van der Waals surface area (Å²) in [5, 5.41) is 0. The molecule has 0 bridgehead atoms. The summed E-state index contributed by atoms with van der Waals surface area (Å²) >= 11 is 0. The van der Waals surface area contributed by atoms with Gasteiger partial charge in [0.25, 0.3) is 10.1 Å². The van der Waals surface area contributed by atoms with E-state index in [0.29, 0.717) is 18.7 Å². The molecule has 3 N–H and O–H groups in total. The van der Waals surface area contributed by atoms with Gasteiger partial charge >= 0.3 is 5.97 Å². The Hall–Kier alpha value is -1.70. The van der Waals surface area contributed by atoms with Crippen molar-refractivity contribution in [1.82, 2.24) is 0 Å². The number of carbonyl (C=O) groups is 1. The van der Waals surface area contributed by atoms with Gasteiger partial charge in [-0.3, -0.25) is 4.55 Å². The molecule has 0 amide bonds. The number of benzene rings is 1. The summed E-state index contributed by atoms with van der Waals surface area (Å²) in [6.45, 7) is 8.14. The molecule has 0 unspecified atom stereocenters. The summed E-state index contributed by atoms with van der Waals surface area (Å²) in [6.07, 6.45) is 2.89. The van der Waals surface area contributed by atoms with Gasteiger partial charge in [-0.2, -0.15) is 8.42 Å². The molecule has 0 aliphatic carbocycles. The fraction of sp³-hybridized carbons (Fsp3) is 0.438. The van der Waals surface area contributed by atoms with Gasteiger partial charge in [0, 0.05) is 5.57 Å². The van der Waals surface area contributed by atoms with Gasteiger partial charge in [0.2, 0.25) is 0 Å². The molecule has 130 valence electrons. The zero-order chi connectivity index (χ0) is 17.9. The minimum absolute atomic E-state index is 0.0666. The van der Waals surface area contributed by atoms with Crippen LogP contribution in [0.4, 0.5) is 0 Å². The summed E-state index contributed by atoms with van der Waals surface area (Å²) in [5.41, 5.74) is 6.71. The first-order valence-electron chi connectivity index (χ1n) is 7.25. The van der Waals surface area contributed by atoms with Crippen LogP contribution in [0.2, 0.25) is 0 Å². The van der Waals surface area contributed by atoms with Crippen LogP contribution in [0.1, 0.15) is 31.7 Å². The smallest absolute Gasteiger partial charge is 0.333 e. The Morgan fingerprint density at radius 2 is 1.78 bits per heavy atom. The number of rotatable bonds is 7. The largest absolute Gasteiger partial charge is 0.462 e. The van der Waals surface area contributed by atoms with Crippen LogP contribution in [0.25, 0.3) is 0 Å². The van der Waals surface area contributed by atoms with Crippen molar-refractivity contribution in [3.05, 3.63) is 42.0 Å². The molecule has 0 saturated carbocycles. The van der Waals surface area contributed by atoms with Crippen molar-refractivity contribution in [3.8, 4) is 0 Å². The molecule has 0 atom stereocenters. The summed E-state index contributed by atoms with van der Waals surface area (Å²) in [6, 6.07) is 5.99. The van der Waals surface area contributed by atoms with E-state index in [0.717, 1.165) is 24.8 Å². The monoisotopic (exact) mass is 343 g/mol. The number of ether oxygens (including phenoxy) is 1. The Morgan fingerprint density at radius 1 is 1.22 bits per heavy atom. The fourth-order valence-corrected chi connectivity index (χ4v) is 1.90. The van der Waals surface area contributed by atoms with Crippen LogP contribution < -0.4 is 5.73 Å². The molecule has 0 heterocycles. The van der Waals surface area contributed by atoms with E-state index in [1.807, 2.05) is 6.92 Å². The second kappa shape index (κ2) is 10.9. The Labute approximate surface area is 138 Å². The molecule has 7 heteroatoms. The first kappa shape index (κ1) is 21.3. The Bertz CT molecular complexity index is 593. The third kappa shape index (κ3) is 10.6. The molecule has 0 aliphatic heterocycles. The van der Waals surface area contributed by atoms with Crippen LogP contribution in [0, 0.1) is 6.92 Å². The van der Waals surface area contributed by atoms with Crippen molar-refractivity contribution in [2.75, 3.05) is 13.2 Å². The van der Waals surface area contributed by atoms with Gasteiger partial charge in [0.15, 0.2) is 0 Å². The maximum absolute atomic E-state index is 10.8. The molecule has 1 aromatic carbocycles. The predicted octanol–water partition coefficient (Wildman–Crippen LogP) is 2.48. The Balaban J connectivity index is 0.000000422. The quantitative estimate of drug-likeness (QED) is 0.341. The zero-order valence-corrected chi connectivity index (χ0v) is 14.4. The average Bonchev–Trinajstić information content (AvgIpc) is 2.47. The van der Waals surface area contributed by atoms with E-state index in [2.05, 4.69) is 6.58 Å². The van der Waals surface area contributed by atoms with Crippen LogP contribution in [-0.2, 0) is 19.6 Å². The van der Waals surface area contributed by atoms with Gasteiger partial charge < -0.3 is 10.5 Å². The molecule has 0 radical (unpaired) electrons. The molecule has 1 aromatic rings. The lowest BCUT2D eigenvalue weighted by atomic mass is 10.2. The van der Waals surface area contributed by atoms with Gasteiger partial charge in [0.1, 0.15) is 0 Å². The number of hydrogen-bond acceptors (Lipinski definition) is 5. The molecule has 23 heavy (non-hydrogen) atoms. The number of carbonyl (C=O) groups excluding carboxylic acids is 1. The van der Waals surface area contributed by atoms with E-state index in [4.69, 9.17) is 15.0 Å². The highest BCUT2D eigenvalue weighted by molar-refractivity contribution is 7.85. The molecule has 0 saturated heterocycles. The molecule has 0 aromatic heterocycles. The summed E-state index contributed by atoms with van der Waals surface area (Å²) < 4.78 is 34.4. The van der Waals surface area contributed by atoms with Crippen molar-refractivity contribution in [1.29, 1.82) is 0 Å². The predicted molar refractivity (Wildman–Crippen MR) is 89.7 cm³/mol. The minimum Gasteiger partial charge on any atom is -0.462 e. The van der Waals surface area contributed by atoms with Crippen LogP contribution in [-0.4, -0.2) is 32.1 Å². The summed E-state index contributed by atoms with van der Waals surface area (Å²) in [5.74, 6) is -0.303. The molecule has 0 aliphatic rings. The summed E-state index contributed by atoms with van der Waals surface area (Å²) in [7, 11) is -4.02. The molecular formula is C16H25NO5S. The molecule has 0 spiro atoms. The third-order valence-corrected chi connectivity index (χ3v) is 3.62. The Morgan fingerprint density at radius 3 is 2.22 bits per heavy atom. The highest BCUT2D eigenvalue weighted by Gasteiger charge is 2.06. The second-order valence-electron chi connectivity index (χ2n) is 5.05. The van der Waals surface area contributed by atoms with E-state index in [1.165, 1.54) is 12.1 Å². The van der Waals surface area contributed by atoms with Gasteiger partial charge in [-0.1, -0.05) is 24.3 Å². The van der Waals surface area contributed by atoms with Gasteiger partial charge in [-0.05, 0) is 51.8 Å². The van der Waals surface area contributed by atoms with Gasteiger partial charge in [-0.25, -0.2) is 4.79 Å². The number of unbranched alkanes of at least 4 members (excludes halogenated alkanes) is 2. The van der Waals surface area contributed by atoms with E-state index in [1.54, 1.807) is 19.1 Å². The van der Waals surface area contributed by atoms with Crippen LogP contribution in [0.3, 0.4) is 0 Å². The average molecular weight is 343 g/mol. The van der Waals surface area contributed by atoms with Gasteiger partial charge in [-0.15, -0.1) is 0 Å². The van der Waals surface area contributed by atoms with Gasteiger partial charge in [0.05, 0.1) is 11.5 Å². The zero-order valence-electron chi connectivity index (χ0n) is 13.6. The fourth-order valence-electron chi connectivity index (χ4n) is 1.42. The lowest BCUT2D eigenvalue weighted by molar-refractivity contribution is -0.139. The Kier molecular flexibility index (Phi) is 10.1. The van der Waals surface area contributed by atoms with Crippen molar-refractivity contribution < 1.29 is 22.5 Å². The second-order valence-corrected chi connectivity index (χ2v) is 6.48. The van der Waals surface area contributed by atoms with Crippen molar-refractivity contribution in [3.63, 3.8) is 0 Å². The SMILES string of the molecule is C=C(C)C(=O)OCCCCCN.Cc1ccc(S(=O)(=O)O)cc1. The first-order chi connectivity index (χ1) is 10.7. The maximum Gasteiger partial charge on any atom is 0.333 e. The number of hydrogen-bond donors (Lipinski definition) is 2. The highest BCUT2D eigenvalue weighted by Crippen LogP contribution is 2.08. The topological polar surface area (TPSA) is 107 Å². The number of esters is 1. The number of aryl methyl sites for hydroxylation is 1. The van der Waals surface area contributed by atoms with Crippen molar-refractivity contribution >= 4 is 16.1 Å². The van der Waals surface area contributed by atoms with Crippen molar-refractivity contribution in [2.45, 2.75) is 38.0 Å². The van der Waals surface area contributed by atoms with E-state index < -0.39 is 10.1 Å². The van der Waals surface area contributed by atoms with E-state index >= 15 is 0 Å². The maximum atomic E-state index is 10.8. The lowest BCUT2D eigenvalue weighted by Gasteiger charge is -2.02. The molecule has 6 nitrogen and oxygen atoms in total. The van der Waals surface area contributed by atoms with Crippen molar-refractivity contribution in [2.24, 2.45) is 5.73 Å². The van der Waals surface area contributed by atoms with Crippen LogP contribution in [0.5, 0.6) is 0 Å². The number of nitrogens with two attached hydrogens (primary N) is 1. The van der Waals surface area contributed by atoms with Crippen LogP contribution in [0.15, 0.2) is 41.3 Å². The summed E-state index contributed by atoms with van der Waals surface area (Å²) in [4.78, 5) is 10.8. The van der Waals surface area contributed by atoms with E-state index in [-0.39, 0.29) is 10.9 Å². The molecule has 1 rings (SSSR count). The third-order valence-electron chi connectivity index (χ3n) is 2.75. The van der Waals surface area contributed by atoms with E-state index in [9.17, 15) is 13.2 Å². The van der Waals surface area contributed by atoms with Crippen LogP contribution >= 0.6 is 0 Å². The standard InChI is InChI=1S/C9H17NO2.C7H8O3S/c1-8(2)9(11)12-7-5-3-4-6-10;1-6-2-4-7(5-3-6)11(8,9)10/h1,3-7,10H2,2H3;2-5H,1H3,(H,8,9,10). The highest BCUT2D eigenvalue weighted by atomic mass is 32.2. The lowest BCUT2D eigenvalue weighted by Crippen LogP contribution is -2.06. The normalized spacial score (nSPS) is 10.4. The molecular weight excluding hydrogens is 318 g/mol. The first-order valence-corrected chi connectivity index (χ1v) is 8.69. The molecule has 0 fully saturated rings.